The van der Waals surface area contributed by atoms with E-state index < -0.39 is 0 Å². The predicted octanol–water partition coefficient (Wildman–Crippen LogP) is 3.95. The van der Waals surface area contributed by atoms with E-state index in [0.717, 1.165) is 24.1 Å². The first-order valence-electron chi connectivity index (χ1n) is 7.03. The number of benzene rings is 2. The van der Waals surface area contributed by atoms with Crippen molar-refractivity contribution in [2.45, 2.75) is 26.1 Å². The quantitative estimate of drug-likeness (QED) is 0.896. The Morgan fingerprint density at radius 2 is 1.90 bits per heavy atom. The molecule has 1 heterocycles. The molecule has 0 spiro atoms. The lowest BCUT2D eigenvalue weighted by Gasteiger charge is -2.26. The molecule has 2 aromatic rings. The summed E-state index contributed by atoms with van der Waals surface area (Å²) in [6, 6.07) is 17.8. The normalized spacial score (nSPS) is 18.5. The Balaban J connectivity index is 1.88. The van der Waals surface area contributed by atoms with E-state index in [1.54, 1.807) is 0 Å². The van der Waals surface area contributed by atoms with Crippen LogP contribution in [0.2, 0.25) is 0 Å². The van der Waals surface area contributed by atoms with Crippen molar-refractivity contribution in [2.75, 3.05) is 11.4 Å². The van der Waals surface area contributed by atoms with E-state index in [1.165, 1.54) is 16.8 Å². The van der Waals surface area contributed by atoms with Gasteiger partial charge in [0.2, 0.25) is 0 Å². The Labute approximate surface area is 128 Å². The molecule has 3 heteroatoms. The van der Waals surface area contributed by atoms with Crippen LogP contribution >= 0.6 is 15.9 Å². The summed E-state index contributed by atoms with van der Waals surface area (Å²) in [7, 11) is 0. The van der Waals surface area contributed by atoms with Crippen LogP contribution in [0, 0.1) is 0 Å². The van der Waals surface area contributed by atoms with Crippen LogP contribution in [0.5, 0.6) is 0 Å². The zero-order valence-electron chi connectivity index (χ0n) is 11.6. The molecule has 0 fully saturated rings. The second-order valence-electron chi connectivity index (χ2n) is 5.42. The first-order valence-corrected chi connectivity index (χ1v) is 7.82. The molecule has 0 radical (unpaired) electrons. The van der Waals surface area contributed by atoms with Gasteiger partial charge < -0.3 is 10.2 Å². The van der Waals surface area contributed by atoms with Crippen LogP contribution in [-0.2, 0) is 13.1 Å². The predicted molar refractivity (Wildman–Crippen MR) is 87.9 cm³/mol. The van der Waals surface area contributed by atoms with Crippen molar-refractivity contribution in [3.63, 3.8) is 0 Å². The van der Waals surface area contributed by atoms with E-state index in [-0.39, 0.29) is 0 Å². The van der Waals surface area contributed by atoms with Gasteiger partial charge >= 0.3 is 0 Å². The molecule has 104 valence electrons. The molecule has 0 amide bonds. The summed E-state index contributed by atoms with van der Waals surface area (Å²) in [5.74, 6) is 0. The summed E-state index contributed by atoms with van der Waals surface area (Å²) in [6.07, 6.45) is 0. The third-order valence-corrected chi connectivity index (χ3v) is 4.28. The summed E-state index contributed by atoms with van der Waals surface area (Å²) >= 11 is 3.49. The van der Waals surface area contributed by atoms with Gasteiger partial charge in [-0.15, -0.1) is 0 Å². The molecular formula is C17H19BrN2. The third-order valence-electron chi connectivity index (χ3n) is 3.75. The van der Waals surface area contributed by atoms with E-state index in [0.29, 0.717) is 6.04 Å². The van der Waals surface area contributed by atoms with E-state index in [9.17, 15) is 0 Å². The highest BCUT2D eigenvalue weighted by Gasteiger charge is 2.18. The molecule has 1 aliphatic rings. The highest BCUT2D eigenvalue weighted by molar-refractivity contribution is 9.10. The average molecular weight is 331 g/mol. The molecular weight excluding hydrogens is 312 g/mol. The highest BCUT2D eigenvalue weighted by Crippen LogP contribution is 2.25. The number of fused-ring (bicyclic) bond motifs is 1. The minimum absolute atomic E-state index is 0.498. The maximum absolute atomic E-state index is 3.58. The van der Waals surface area contributed by atoms with Crippen molar-refractivity contribution in [1.82, 2.24) is 5.32 Å². The molecule has 1 unspecified atom stereocenters. The molecule has 1 atom stereocenters. The lowest BCUT2D eigenvalue weighted by atomic mass is 10.1. The number of hydrogen-bond acceptors (Lipinski definition) is 2. The van der Waals surface area contributed by atoms with Gasteiger partial charge in [0, 0.05) is 35.8 Å². The number of anilines is 1. The van der Waals surface area contributed by atoms with Crippen LogP contribution in [-0.4, -0.2) is 12.6 Å². The second-order valence-corrected chi connectivity index (χ2v) is 6.33. The highest BCUT2D eigenvalue weighted by atomic mass is 79.9. The van der Waals surface area contributed by atoms with Crippen molar-refractivity contribution in [1.29, 1.82) is 0 Å². The lowest BCUT2D eigenvalue weighted by Crippen LogP contribution is -2.35. The largest absolute Gasteiger partial charge is 0.365 e. The number of nitrogens with one attached hydrogen (secondary N) is 1. The van der Waals surface area contributed by atoms with Crippen LogP contribution in [0.15, 0.2) is 53.0 Å². The van der Waals surface area contributed by atoms with Gasteiger partial charge in [0.05, 0.1) is 0 Å². The molecule has 1 N–H and O–H groups in total. The van der Waals surface area contributed by atoms with Crippen molar-refractivity contribution < 1.29 is 0 Å². The average Bonchev–Trinajstić information content (AvgIpc) is 2.62. The van der Waals surface area contributed by atoms with Crippen LogP contribution in [0.4, 0.5) is 5.69 Å². The number of nitrogens with zero attached hydrogens (tertiary/aromatic N) is 1. The Hall–Kier alpha value is -1.32. The van der Waals surface area contributed by atoms with Gasteiger partial charge in [0.1, 0.15) is 0 Å². The maximum atomic E-state index is 3.58. The Bertz CT molecular complexity index is 580. The Morgan fingerprint density at radius 1 is 1.15 bits per heavy atom. The molecule has 0 saturated heterocycles. The standard InChI is InChI=1S/C17H19BrN2/c1-13-11-20(12-14-6-8-16(18)9-7-14)17-5-3-2-4-15(17)10-19-13/h2-9,13,19H,10-12H2,1H3. The van der Waals surface area contributed by atoms with Crippen LogP contribution in [0.3, 0.4) is 0 Å². The molecule has 2 aromatic carbocycles. The fraction of sp³-hybridized carbons (Fsp3) is 0.294. The first kappa shape index (κ1) is 13.7. The first-order chi connectivity index (χ1) is 9.72. The lowest BCUT2D eigenvalue weighted by molar-refractivity contribution is 0.552. The van der Waals surface area contributed by atoms with Gasteiger partial charge in [-0.1, -0.05) is 46.3 Å². The third kappa shape index (κ3) is 3.05. The number of hydrogen-bond donors (Lipinski definition) is 1. The van der Waals surface area contributed by atoms with Crippen molar-refractivity contribution >= 4 is 21.6 Å². The number of para-hydroxylation sites is 1. The topological polar surface area (TPSA) is 15.3 Å². The van der Waals surface area contributed by atoms with Crippen molar-refractivity contribution in [2.24, 2.45) is 0 Å². The van der Waals surface area contributed by atoms with Crippen LogP contribution in [0.25, 0.3) is 0 Å². The van der Waals surface area contributed by atoms with Gasteiger partial charge in [-0.05, 0) is 36.2 Å². The fourth-order valence-corrected chi connectivity index (χ4v) is 2.97. The monoisotopic (exact) mass is 330 g/mol. The van der Waals surface area contributed by atoms with Crippen LogP contribution < -0.4 is 10.2 Å². The molecule has 0 aliphatic carbocycles. The molecule has 2 nitrogen and oxygen atoms in total. The molecule has 20 heavy (non-hydrogen) atoms. The van der Waals surface area contributed by atoms with Crippen LogP contribution in [0.1, 0.15) is 18.1 Å². The molecule has 1 aliphatic heterocycles. The molecule has 0 saturated carbocycles. The fourth-order valence-electron chi connectivity index (χ4n) is 2.71. The second kappa shape index (κ2) is 5.98. The Kier molecular flexibility index (Phi) is 4.08. The summed E-state index contributed by atoms with van der Waals surface area (Å²) in [5, 5.41) is 3.58. The summed E-state index contributed by atoms with van der Waals surface area (Å²) in [6.45, 7) is 5.19. The molecule has 0 bridgehead atoms. The van der Waals surface area contributed by atoms with Crippen molar-refractivity contribution in [3.05, 3.63) is 64.1 Å². The van der Waals surface area contributed by atoms with E-state index in [2.05, 4.69) is 81.6 Å². The van der Waals surface area contributed by atoms with E-state index in [1.807, 2.05) is 0 Å². The van der Waals surface area contributed by atoms with E-state index >= 15 is 0 Å². The summed E-state index contributed by atoms with van der Waals surface area (Å²) in [5.41, 5.74) is 4.08. The van der Waals surface area contributed by atoms with Gasteiger partial charge in [0.15, 0.2) is 0 Å². The SMILES string of the molecule is CC1CN(Cc2ccc(Br)cc2)c2ccccc2CN1. The maximum Gasteiger partial charge on any atom is 0.0430 e. The van der Waals surface area contributed by atoms with Gasteiger partial charge in [-0.25, -0.2) is 0 Å². The number of halogens is 1. The smallest absolute Gasteiger partial charge is 0.0430 e. The molecule has 3 rings (SSSR count). The van der Waals surface area contributed by atoms with E-state index in [4.69, 9.17) is 0 Å². The zero-order chi connectivity index (χ0) is 13.9. The summed E-state index contributed by atoms with van der Waals surface area (Å²) in [4.78, 5) is 2.48. The summed E-state index contributed by atoms with van der Waals surface area (Å²) < 4.78 is 1.13. The Morgan fingerprint density at radius 3 is 2.70 bits per heavy atom. The minimum atomic E-state index is 0.498. The van der Waals surface area contributed by atoms with Gasteiger partial charge in [0.25, 0.3) is 0 Å². The van der Waals surface area contributed by atoms with Gasteiger partial charge in [-0.2, -0.15) is 0 Å². The van der Waals surface area contributed by atoms with Gasteiger partial charge in [-0.3, -0.25) is 0 Å². The van der Waals surface area contributed by atoms with Crippen molar-refractivity contribution in [3.8, 4) is 0 Å². The zero-order valence-corrected chi connectivity index (χ0v) is 13.2. The number of rotatable bonds is 2. The minimum Gasteiger partial charge on any atom is -0.365 e. The molecule has 0 aromatic heterocycles.